The zero-order valence-corrected chi connectivity index (χ0v) is 65.7. The fraction of sp³-hybridized carbons (Fsp3) is 0.625. The van der Waals surface area contributed by atoms with E-state index >= 15 is 38.4 Å². The Kier molecular flexibility index (Phi) is 31.5. The van der Waals surface area contributed by atoms with E-state index in [1.165, 1.54) is 95.8 Å². The van der Waals surface area contributed by atoms with Crippen LogP contribution in [0.1, 0.15) is 159 Å². The number of hydrogen-bond acceptors (Lipinski definition) is 14. The van der Waals surface area contributed by atoms with Crippen LogP contribution in [0.2, 0.25) is 0 Å². The number of ether oxygens (including phenoxy) is 2. The monoisotopic (exact) mass is 1520 g/mol. The maximum Gasteiger partial charge on any atom is 0.419 e. The van der Waals surface area contributed by atoms with Crippen LogP contribution in [0, 0.1) is 11.8 Å². The summed E-state index contributed by atoms with van der Waals surface area (Å²) in [6.07, 6.45) is 5.72. The number of nitrogens with zero attached hydrogens (tertiary/aromatic N) is 9. The van der Waals surface area contributed by atoms with Gasteiger partial charge >= 0.3 is 6.18 Å². The summed E-state index contributed by atoms with van der Waals surface area (Å²) in [5, 5.41) is 8.73. The Morgan fingerprint density at radius 3 is 2.00 bits per heavy atom. The smallest absolute Gasteiger partial charge is 0.419 e. The minimum Gasteiger partial charge on any atom is -0.496 e. The Morgan fingerprint density at radius 1 is 0.725 bits per heavy atom. The van der Waals surface area contributed by atoms with E-state index < -0.39 is 180 Å². The van der Waals surface area contributed by atoms with Gasteiger partial charge in [0, 0.05) is 88.4 Å². The Bertz CT molecular complexity index is 3640. The van der Waals surface area contributed by atoms with Gasteiger partial charge in [0.05, 0.1) is 38.3 Å². The maximum absolute atomic E-state index is 15.7. The molecule has 2 aromatic carbocycles. The molecule has 29 heteroatoms. The number of benzene rings is 2. The number of carbonyl (C=O) groups excluding carboxylic acids is 12. The lowest BCUT2D eigenvalue weighted by Crippen LogP contribution is -2.68. The number of amides is 12. The number of nitrogens with one attached hydrogen (secondary N) is 3. The fourth-order valence-corrected chi connectivity index (χ4v) is 15.4. The van der Waals surface area contributed by atoms with Crippen molar-refractivity contribution in [3.8, 4) is 5.75 Å². The van der Waals surface area contributed by atoms with E-state index in [1.54, 1.807) is 63.3 Å². The number of hydrogen-bond donors (Lipinski definition) is 3. The molecule has 109 heavy (non-hydrogen) atoms. The average molecular weight is 1530 g/mol. The van der Waals surface area contributed by atoms with Gasteiger partial charge in [-0.2, -0.15) is 13.2 Å². The summed E-state index contributed by atoms with van der Waals surface area (Å²) in [4.78, 5) is 194. The molecule has 1 spiro atoms. The summed E-state index contributed by atoms with van der Waals surface area (Å²) in [5.41, 5.74) is -1.01. The molecule has 1 unspecified atom stereocenters. The van der Waals surface area contributed by atoms with Gasteiger partial charge in [-0.25, -0.2) is 0 Å². The van der Waals surface area contributed by atoms with Crippen LogP contribution in [0.5, 0.6) is 5.75 Å². The van der Waals surface area contributed by atoms with Gasteiger partial charge in [-0.1, -0.05) is 101 Å². The minimum absolute atomic E-state index is 0.0119. The first kappa shape index (κ1) is 87.1. The third kappa shape index (κ3) is 21.5. The molecule has 12 amide bonds. The highest BCUT2D eigenvalue weighted by atomic mass is 19.4. The lowest BCUT2D eigenvalue weighted by atomic mass is 9.74. The first-order valence-electron chi connectivity index (χ1n) is 38.4. The van der Waals surface area contributed by atoms with Crippen molar-refractivity contribution in [3.63, 3.8) is 0 Å². The molecule has 600 valence electrons. The maximum atomic E-state index is 15.7. The number of unbranched alkanes of at least 4 members (excludes halogenated alkanes) is 2. The number of rotatable bonds is 19. The molecule has 0 aromatic heterocycles. The second-order valence-corrected chi connectivity index (χ2v) is 29.9. The molecule has 10 atom stereocenters. The fourth-order valence-electron chi connectivity index (χ4n) is 15.4. The SMILES string of the molecule is C=CCCCC[C@H]1C(=O)N[C@@H]([C@@H](C)CC)C(=O)N(C)CC(=O)N(C)[C@H]2C/C=C\CCN(C2=O)[C@@H](Cc2ccc(C=C)cc2)C(=O)N(C)CC(=O)N[C@@H](CCc2ccc(C(F)(F)F)c(OC)c2)C(=O)N2C[C@H](OCC)C[C@H]2C(=O)NC2(CCC2)C(=O)N(C)C(C2CCCC2)C(=O)N(C)[C@H](C(=O)N(C)CC)CC(=O)N1C. The van der Waals surface area contributed by atoms with Crippen molar-refractivity contribution < 1.29 is 80.2 Å². The molecular formula is C80H115F3N12O14. The number of aryl methyl sites for hydroxylation is 1. The van der Waals surface area contributed by atoms with Crippen LogP contribution < -0.4 is 20.7 Å². The van der Waals surface area contributed by atoms with Crippen molar-refractivity contribution in [3.05, 3.63) is 96.1 Å². The predicted octanol–water partition coefficient (Wildman–Crippen LogP) is 6.18. The molecule has 2 saturated carbocycles. The first-order valence-corrected chi connectivity index (χ1v) is 38.4. The third-order valence-electron chi connectivity index (χ3n) is 22.7. The Labute approximate surface area is 639 Å². The zero-order valence-electron chi connectivity index (χ0n) is 65.7. The van der Waals surface area contributed by atoms with Gasteiger partial charge in [-0.3, -0.25) is 57.5 Å². The minimum atomic E-state index is -4.79. The number of carbonyl (C=O) groups is 12. The van der Waals surface area contributed by atoms with Crippen LogP contribution in [0.3, 0.4) is 0 Å². The van der Waals surface area contributed by atoms with E-state index in [0.29, 0.717) is 63.4 Å². The highest BCUT2D eigenvalue weighted by Gasteiger charge is 2.54. The Hall–Kier alpha value is -9.15. The van der Waals surface area contributed by atoms with Gasteiger partial charge < -0.3 is 69.5 Å². The molecule has 2 bridgehead atoms. The van der Waals surface area contributed by atoms with Crippen LogP contribution in [0.4, 0.5) is 13.2 Å². The Balaban J connectivity index is 1.35. The summed E-state index contributed by atoms with van der Waals surface area (Å²) in [6, 6.07) is -0.302. The molecular weight excluding hydrogens is 1410 g/mol. The van der Waals surface area contributed by atoms with Gasteiger partial charge in [0.15, 0.2) is 0 Å². The lowest BCUT2D eigenvalue weighted by molar-refractivity contribution is -0.158. The molecule has 3 aliphatic heterocycles. The molecule has 4 fully saturated rings. The standard InChI is InChI=1S/C80H115F3N12O14/c1-15-20-21-23-31-59-70(99)85-68(51(6)16-2)76(105)89(9)50-67(98)91(11)60-32-24-22-27-43-94(75(60)104)63(44-53-35-33-52(17-3)34-36-53)74(103)88(8)49-65(96)84-58(40-38-54-37-39-57(80(81,82)83)64(45-54)108-14)72(101)95-48-56(109-19-5)46-61(95)71(100)86-79(41-28-42-79)78(107)93(13)69(55-29-25-26-30-55)77(106)92(12)62(47-66(97)90(59)10)73(102)87(7)18-4/h15,17,22,24,33-37,39,45,51,55-56,58-63,68-69H,1,3,16,18-21,23,25-32,38,40-44,46-50H2,2,4-14H3,(H,84,96)(H,85,99)(H,86,100)/b24-22-/t51-,56+,58-,59-,60-,61-,62-,63-,68-,69?/m0/s1. The predicted molar refractivity (Wildman–Crippen MR) is 404 cm³/mol. The second kappa shape index (κ2) is 39.5. The average Bonchev–Trinajstić information content (AvgIpc) is 1.03. The van der Waals surface area contributed by atoms with Crippen LogP contribution in [0.25, 0.3) is 6.08 Å². The number of methoxy groups -OCH3 is 1. The molecule has 3 N–H and O–H groups in total. The van der Waals surface area contributed by atoms with Crippen molar-refractivity contribution in [1.82, 2.24) is 60.0 Å². The highest BCUT2D eigenvalue weighted by molar-refractivity contribution is 6.01. The molecule has 2 aliphatic carbocycles. The van der Waals surface area contributed by atoms with Gasteiger partial charge in [0.25, 0.3) is 0 Å². The van der Waals surface area contributed by atoms with Crippen LogP contribution in [-0.2, 0) is 81.3 Å². The summed E-state index contributed by atoms with van der Waals surface area (Å²) in [6.45, 7) is 13.5. The van der Waals surface area contributed by atoms with Crippen molar-refractivity contribution in [1.29, 1.82) is 0 Å². The summed E-state index contributed by atoms with van der Waals surface area (Å²) < 4.78 is 53.8. The largest absolute Gasteiger partial charge is 0.496 e. The quantitative estimate of drug-likeness (QED) is 0.105. The zero-order chi connectivity index (χ0) is 80.4. The molecule has 3 heterocycles. The van der Waals surface area contributed by atoms with Gasteiger partial charge in [0.2, 0.25) is 70.9 Å². The first-order chi connectivity index (χ1) is 51.7. The molecule has 5 aliphatic rings. The number of fused-ring (bicyclic) bond motifs is 3. The van der Waals surface area contributed by atoms with E-state index in [2.05, 4.69) is 29.1 Å². The molecule has 26 nitrogen and oxygen atoms in total. The topological polar surface area (TPSA) is 289 Å². The number of likely N-dealkylation sites (N-methyl/N-ethyl adjacent to an activating group) is 7. The summed E-state index contributed by atoms with van der Waals surface area (Å²) in [7, 11) is 11.1. The molecule has 2 saturated heterocycles. The van der Waals surface area contributed by atoms with Crippen molar-refractivity contribution in [2.75, 3.05) is 95.8 Å². The van der Waals surface area contributed by atoms with Gasteiger partial charge in [-0.15, -0.1) is 6.58 Å². The number of allylic oxidation sites excluding steroid dienone is 1. The van der Waals surface area contributed by atoms with Crippen molar-refractivity contribution >= 4 is 77.0 Å². The van der Waals surface area contributed by atoms with Crippen molar-refractivity contribution in [2.24, 2.45) is 11.8 Å². The van der Waals surface area contributed by atoms with Gasteiger partial charge in [0.1, 0.15) is 59.6 Å². The Morgan fingerprint density at radius 2 is 1.39 bits per heavy atom. The van der Waals surface area contributed by atoms with E-state index in [4.69, 9.17) is 9.47 Å². The third-order valence-corrected chi connectivity index (χ3v) is 22.7. The van der Waals surface area contributed by atoms with Crippen LogP contribution in [-0.4, -0.2) is 271 Å². The highest BCUT2D eigenvalue weighted by Crippen LogP contribution is 2.40. The van der Waals surface area contributed by atoms with Crippen LogP contribution >= 0.6 is 0 Å². The summed E-state index contributed by atoms with van der Waals surface area (Å²) in [5.74, 6) is -9.85. The second-order valence-electron chi connectivity index (χ2n) is 29.9. The van der Waals surface area contributed by atoms with E-state index in [9.17, 15) is 32.3 Å². The van der Waals surface area contributed by atoms with Crippen LogP contribution in [0.15, 0.2) is 73.9 Å². The summed E-state index contributed by atoms with van der Waals surface area (Å²) >= 11 is 0. The van der Waals surface area contributed by atoms with E-state index in [1.807, 2.05) is 13.0 Å². The van der Waals surface area contributed by atoms with E-state index in [0.717, 1.165) is 28.5 Å². The molecule has 7 rings (SSSR count). The number of halogens is 3. The van der Waals surface area contributed by atoms with E-state index in [-0.39, 0.29) is 89.6 Å². The lowest BCUT2D eigenvalue weighted by Gasteiger charge is -2.46. The molecule has 0 radical (unpaired) electrons. The van der Waals surface area contributed by atoms with Gasteiger partial charge in [-0.05, 0) is 132 Å². The normalized spacial score (nSPS) is 25.6. The van der Waals surface area contributed by atoms with Crippen molar-refractivity contribution in [2.45, 2.75) is 216 Å². The molecule has 2 aromatic rings. The number of alkyl halides is 3.